The molecule has 3 heterocycles. The predicted octanol–water partition coefficient (Wildman–Crippen LogP) is -0.337. The van der Waals surface area contributed by atoms with Crippen LogP contribution in [0.1, 0.15) is 35.3 Å². The van der Waals surface area contributed by atoms with Crippen LogP contribution in [0.4, 0.5) is 0 Å². The first-order valence-corrected chi connectivity index (χ1v) is 7.75. The van der Waals surface area contributed by atoms with E-state index in [1.165, 1.54) is 23.0 Å². The minimum atomic E-state index is -0.533. The van der Waals surface area contributed by atoms with Crippen molar-refractivity contribution in [1.29, 1.82) is 0 Å². The molecule has 1 saturated heterocycles. The molecular weight excluding hydrogens is 312 g/mol. The van der Waals surface area contributed by atoms with Gasteiger partial charge in [0, 0.05) is 12.6 Å². The molecule has 1 aliphatic heterocycles. The van der Waals surface area contributed by atoms with Crippen LogP contribution >= 0.6 is 0 Å². The average molecular weight is 330 g/mol. The number of rotatable bonds is 3. The summed E-state index contributed by atoms with van der Waals surface area (Å²) in [6, 6.07) is 2.31. The van der Waals surface area contributed by atoms with Crippen molar-refractivity contribution in [3.8, 4) is 5.82 Å². The molecule has 3 N–H and O–H groups in total. The predicted molar refractivity (Wildman–Crippen MR) is 84.8 cm³/mol. The zero-order valence-corrected chi connectivity index (χ0v) is 13.2. The maximum atomic E-state index is 12.5. The van der Waals surface area contributed by atoms with Crippen LogP contribution in [0.5, 0.6) is 0 Å². The number of amides is 2. The highest BCUT2D eigenvalue weighted by Crippen LogP contribution is 2.13. The van der Waals surface area contributed by atoms with Crippen LogP contribution in [-0.4, -0.2) is 44.4 Å². The lowest BCUT2D eigenvalue weighted by Crippen LogP contribution is -2.45. The van der Waals surface area contributed by atoms with E-state index in [1.807, 2.05) is 0 Å². The van der Waals surface area contributed by atoms with E-state index in [4.69, 9.17) is 0 Å². The molecule has 0 saturated carbocycles. The van der Waals surface area contributed by atoms with E-state index in [1.54, 1.807) is 6.92 Å². The van der Waals surface area contributed by atoms with Crippen LogP contribution in [0.3, 0.4) is 0 Å². The topological polar surface area (TPSA) is 122 Å². The van der Waals surface area contributed by atoms with Gasteiger partial charge >= 0.3 is 0 Å². The minimum absolute atomic E-state index is 0.159. The second kappa shape index (κ2) is 6.65. The Labute approximate surface area is 137 Å². The van der Waals surface area contributed by atoms with Gasteiger partial charge in [-0.05, 0) is 32.3 Å². The molecule has 24 heavy (non-hydrogen) atoms. The summed E-state index contributed by atoms with van der Waals surface area (Å²) < 4.78 is 1.46. The van der Waals surface area contributed by atoms with Gasteiger partial charge in [0.15, 0.2) is 5.82 Å². The Bertz CT molecular complexity index is 804. The molecule has 9 heteroatoms. The highest BCUT2D eigenvalue weighted by molar-refractivity contribution is 5.98. The van der Waals surface area contributed by atoms with Gasteiger partial charge in [-0.2, -0.15) is 10.2 Å². The van der Waals surface area contributed by atoms with E-state index in [-0.39, 0.29) is 17.4 Å². The quantitative estimate of drug-likeness (QED) is 0.711. The summed E-state index contributed by atoms with van der Waals surface area (Å²) in [6.45, 7) is 2.36. The van der Waals surface area contributed by atoms with Crippen LogP contribution in [0.25, 0.3) is 5.82 Å². The van der Waals surface area contributed by atoms with Gasteiger partial charge in [-0.3, -0.25) is 14.4 Å². The first kappa shape index (κ1) is 15.9. The number of hydrogen-bond donors (Lipinski definition) is 3. The Balaban J connectivity index is 1.79. The Hall–Kier alpha value is -2.97. The minimum Gasteiger partial charge on any atom is -0.354 e. The molecule has 0 bridgehead atoms. The molecule has 1 atom stereocenters. The van der Waals surface area contributed by atoms with Crippen molar-refractivity contribution in [3.63, 3.8) is 0 Å². The molecule has 0 spiro atoms. The van der Waals surface area contributed by atoms with E-state index in [9.17, 15) is 14.4 Å². The number of hydrogen-bond acceptors (Lipinski definition) is 5. The van der Waals surface area contributed by atoms with Crippen LogP contribution in [0.15, 0.2) is 23.1 Å². The van der Waals surface area contributed by atoms with Gasteiger partial charge in [0.05, 0.1) is 17.5 Å². The fraction of sp³-hybridized carbons (Fsp3) is 0.400. The van der Waals surface area contributed by atoms with Crippen molar-refractivity contribution in [2.75, 3.05) is 6.54 Å². The van der Waals surface area contributed by atoms with Crippen LogP contribution in [-0.2, 0) is 4.79 Å². The third kappa shape index (κ3) is 3.19. The number of nitrogens with one attached hydrogen (secondary N) is 3. The van der Waals surface area contributed by atoms with Crippen molar-refractivity contribution < 1.29 is 9.59 Å². The zero-order chi connectivity index (χ0) is 17.1. The van der Waals surface area contributed by atoms with Crippen LogP contribution in [0.2, 0.25) is 0 Å². The number of carbonyl (C=O) groups is 2. The first-order chi connectivity index (χ1) is 11.6. The summed E-state index contributed by atoms with van der Waals surface area (Å²) in [7, 11) is 0. The highest BCUT2D eigenvalue weighted by Gasteiger charge is 2.24. The fourth-order valence-corrected chi connectivity index (χ4v) is 2.63. The largest absolute Gasteiger partial charge is 0.354 e. The monoisotopic (exact) mass is 330 g/mol. The Kier molecular flexibility index (Phi) is 4.41. The second-order valence-electron chi connectivity index (χ2n) is 5.65. The number of carbonyl (C=O) groups excluding carboxylic acids is 2. The van der Waals surface area contributed by atoms with Gasteiger partial charge < -0.3 is 10.6 Å². The number of aromatic amines is 1. The molecule has 2 amide bonds. The van der Waals surface area contributed by atoms with E-state index in [2.05, 4.69) is 25.9 Å². The molecule has 9 nitrogen and oxygen atoms in total. The maximum absolute atomic E-state index is 12.5. The van der Waals surface area contributed by atoms with Crippen molar-refractivity contribution in [3.05, 3.63) is 39.9 Å². The van der Waals surface area contributed by atoms with Gasteiger partial charge in [-0.1, -0.05) is 0 Å². The molecule has 126 valence electrons. The number of nitrogens with zero attached hydrogens (tertiary/aromatic N) is 3. The molecule has 1 fully saturated rings. The van der Waals surface area contributed by atoms with Gasteiger partial charge in [-0.15, -0.1) is 0 Å². The van der Waals surface area contributed by atoms with Gasteiger partial charge in [0.1, 0.15) is 6.04 Å². The lowest BCUT2D eigenvalue weighted by atomic mass is 10.1. The summed E-state index contributed by atoms with van der Waals surface area (Å²) in [5.74, 6) is -0.114. The summed E-state index contributed by atoms with van der Waals surface area (Å²) in [5.41, 5.74) is 0.613. The maximum Gasteiger partial charge on any atom is 0.264 e. The van der Waals surface area contributed by atoms with E-state index in [0.717, 1.165) is 12.8 Å². The summed E-state index contributed by atoms with van der Waals surface area (Å²) in [6.07, 6.45) is 3.83. The Morgan fingerprint density at radius 3 is 2.92 bits per heavy atom. The van der Waals surface area contributed by atoms with Gasteiger partial charge in [0.2, 0.25) is 5.91 Å². The van der Waals surface area contributed by atoms with E-state index in [0.29, 0.717) is 30.0 Å². The number of aromatic nitrogens is 4. The van der Waals surface area contributed by atoms with E-state index >= 15 is 0 Å². The standard InChI is InChI=1S/C15H18N6O3/c1-9-10(8-17-21(9)12-5-6-13(22)20-19-12)14(23)18-11-4-2-3-7-16-15(11)24/h5-6,8,11H,2-4,7H2,1H3,(H,16,24)(H,18,23)(H,20,22). The third-order valence-electron chi connectivity index (χ3n) is 3.98. The molecule has 0 radical (unpaired) electrons. The second-order valence-corrected chi connectivity index (χ2v) is 5.65. The lowest BCUT2D eigenvalue weighted by molar-refractivity contribution is -0.122. The summed E-state index contributed by atoms with van der Waals surface area (Å²) in [5, 5.41) is 15.9. The number of H-pyrrole nitrogens is 1. The Morgan fingerprint density at radius 2 is 2.17 bits per heavy atom. The average Bonchev–Trinajstić information content (AvgIpc) is 2.84. The SMILES string of the molecule is Cc1c(C(=O)NC2CCCCNC2=O)cnn1-c1ccc(=O)[nH]n1. The smallest absolute Gasteiger partial charge is 0.264 e. The molecule has 0 aliphatic carbocycles. The third-order valence-corrected chi connectivity index (χ3v) is 3.98. The summed E-state index contributed by atoms with van der Waals surface area (Å²) >= 11 is 0. The molecule has 1 unspecified atom stereocenters. The zero-order valence-electron chi connectivity index (χ0n) is 13.2. The van der Waals surface area contributed by atoms with Gasteiger partial charge in [-0.25, -0.2) is 9.78 Å². The Morgan fingerprint density at radius 1 is 1.33 bits per heavy atom. The normalized spacial score (nSPS) is 17.9. The summed E-state index contributed by atoms with van der Waals surface area (Å²) in [4.78, 5) is 35.5. The highest BCUT2D eigenvalue weighted by atomic mass is 16.2. The molecule has 2 aromatic heterocycles. The molecule has 3 rings (SSSR count). The first-order valence-electron chi connectivity index (χ1n) is 7.75. The lowest BCUT2D eigenvalue weighted by Gasteiger charge is -2.15. The van der Waals surface area contributed by atoms with Crippen LogP contribution < -0.4 is 16.2 Å². The van der Waals surface area contributed by atoms with Crippen molar-refractivity contribution in [2.45, 2.75) is 32.2 Å². The van der Waals surface area contributed by atoms with E-state index < -0.39 is 6.04 Å². The van der Waals surface area contributed by atoms with Crippen molar-refractivity contribution in [1.82, 2.24) is 30.6 Å². The van der Waals surface area contributed by atoms with Crippen LogP contribution in [0, 0.1) is 6.92 Å². The molecule has 2 aromatic rings. The molecular formula is C15H18N6O3. The molecule has 0 aromatic carbocycles. The molecule has 1 aliphatic rings. The van der Waals surface area contributed by atoms with Gasteiger partial charge in [0.25, 0.3) is 11.5 Å². The fourth-order valence-electron chi connectivity index (χ4n) is 2.63. The van der Waals surface area contributed by atoms with Crippen molar-refractivity contribution in [2.24, 2.45) is 0 Å². The van der Waals surface area contributed by atoms with Crippen molar-refractivity contribution >= 4 is 11.8 Å².